The SMILES string of the molecule is CCn1c2ccccc2c2cc(-n3c(C4=CCCC=C4)c4c(-c5ccccc5)c(-c5ccccc5)c(-c5ccccc5)c(-c5ccccc5)c4c3-c3ccccc3)ccc21. The van der Waals surface area contributed by atoms with Crippen LogP contribution in [0.4, 0.5) is 0 Å². The topological polar surface area (TPSA) is 9.86 Å². The lowest BCUT2D eigenvalue weighted by Gasteiger charge is -2.24. The van der Waals surface area contributed by atoms with Crippen molar-refractivity contribution in [2.75, 3.05) is 0 Å². The summed E-state index contributed by atoms with van der Waals surface area (Å²) in [6, 6.07) is 71.5. The van der Waals surface area contributed by atoms with Gasteiger partial charge in [0.2, 0.25) is 0 Å². The number of rotatable bonds is 8. The van der Waals surface area contributed by atoms with Crippen LogP contribution < -0.4 is 0 Å². The minimum Gasteiger partial charge on any atom is -0.341 e. The summed E-state index contributed by atoms with van der Waals surface area (Å²) in [5, 5.41) is 5.05. The van der Waals surface area contributed by atoms with Gasteiger partial charge >= 0.3 is 0 Å². The van der Waals surface area contributed by atoms with Crippen LogP contribution in [-0.4, -0.2) is 9.13 Å². The van der Waals surface area contributed by atoms with E-state index in [1.54, 1.807) is 0 Å². The van der Waals surface area contributed by atoms with Crippen molar-refractivity contribution >= 4 is 38.2 Å². The minimum absolute atomic E-state index is 0.903. The van der Waals surface area contributed by atoms with Crippen molar-refractivity contribution in [1.29, 1.82) is 0 Å². The van der Waals surface area contributed by atoms with Gasteiger partial charge in [0.25, 0.3) is 0 Å². The summed E-state index contributed by atoms with van der Waals surface area (Å²) in [4.78, 5) is 0. The number of aryl methyl sites for hydroxylation is 1. The van der Waals surface area contributed by atoms with Crippen LogP contribution in [0.3, 0.4) is 0 Å². The van der Waals surface area contributed by atoms with Crippen LogP contribution in [-0.2, 0) is 6.54 Å². The summed E-state index contributed by atoms with van der Waals surface area (Å²) in [7, 11) is 0. The number of nitrogens with zero attached hydrogens (tertiary/aromatic N) is 2. The molecule has 11 rings (SSSR count). The van der Waals surface area contributed by atoms with E-state index in [1.807, 2.05) is 0 Å². The Hall–Kier alpha value is -7.42. The monoisotopic (exact) mass is 768 g/mol. The molecule has 0 aliphatic heterocycles. The molecule has 2 aromatic heterocycles. The second-order valence-corrected chi connectivity index (χ2v) is 15.7. The van der Waals surface area contributed by atoms with Crippen molar-refractivity contribution in [2.24, 2.45) is 0 Å². The van der Waals surface area contributed by atoms with Crippen molar-refractivity contribution in [2.45, 2.75) is 26.3 Å². The summed E-state index contributed by atoms with van der Waals surface area (Å²) >= 11 is 0. The van der Waals surface area contributed by atoms with Gasteiger partial charge < -0.3 is 9.13 Å². The third-order valence-corrected chi connectivity index (χ3v) is 12.3. The first-order valence-corrected chi connectivity index (χ1v) is 21.2. The first kappa shape index (κ1) is 35.7. The molecule has 0 unspecified atom stereocenters. The van der Waals surface area contributed by atoms with E-state index < -0.39 is 0 Å². The Morgan fingerprint density at radius 2 is 0.883 bits per heavy atom. The van der Waals surface area contributed by atoms with E-state index in [2.05, 4.69) is 228 Å². The molecule has 0 fully saturated rings. The smallest absolute Gasteiger partial charge is 0.0620 e. The highest BCUT2D eigenvalue weighted by molar-refractivity contribution is 6.25. The van der Waals surface area contributed by atoms with Crippen molar-refractivity contribution in [1.82, 2.24) is 9.13 Å². The van der Waals surface area contributed by atoms with Gasteiger partial charge in [-0.15, -0.1) is 0 Å². The predicted octanol–water partition coefficient (Wildman–Crippen LogP) is 15.8. The molecule has 0 spiro atoms. The molecule has 1 aliphatic carbocycles. The van der Waals surface area contributed by atoms with E-state index in [0.29, 0.717) is 0 Å². The van der Waals surface area contributed by atoms with Gasteiger partial charge in [-0.2, -0.15) is 0 Å². The Bertz CT molecular complexity index is 3240. The molecule has 0 N–H and O–H groups in total. The number of benzene rings is 8. The first-order chi connectivity index (χ1) is 29.8. The van der Waals surface area contributed by atoms with Gasteiger partial charge in [-0.1, -0.05) is 188 Å². The predicted molar refractivity (Wildman–Crippen MR) is 255 cm³/mol. The highest BCUT2D eigenvalue weighted by Crippen LogP contribution is 2.56. The van der Waals surface area contributed by atoms with E-state index >= 15 is 0 Å². The number of hydrogen-bond acceptors (Lipinski definition) is 0. The average molecular weight is 769 g/mol. The minimum atomic E-state index is 0.903. The first-order valence-electron chi connectivity index (χ1n) is 21.2. The molecule has 8 aromatic carbocycles. The van der Waals surface area contributed by atoms with Crippen LogP contribution >= 0.6 is 0 Å². The normalized spacial score (nSPS) is 12.7. The van der Waals surface area contributed by atoms with Crippen molar-refractivity contribution in [3.8, 4) is 61.5 Å². The fraction of sp³-hybridized carbons (Fsp3) is 0.0690. The Morgan fingerprint density at radius 3 is 1.40 bits per heavy atom. The molecular weight excluding hydrogens is 725 g/mol. The maximum absolute atomic E-state index is 2.61. The molecular formula is C58H44N2. The number of fused-ring (bicyclic) bond motifs is 4. The Morgan fingerprint density at radius 1 is 0.417 bits per heavy atom. The van der Waals surface area contributed by atoms with Gasteiger partial charge in [0.05, 0.1) is 11.4 Å². The largest absolute Gasteiger partial charge is 0.341 e. The van der Waals surface area contributed by atoms with Crippen LogP contribution in [0.2, 0.25) is 0 Å². The summed E-state index contributed by atoms with van der Waals surface area (Å²) in [5.41, 5.74) is 18.2. The zero-order valence-corrected chi connectivity index (χ0v) is 33.7. The molecule has 2 heteroatoms. The number of aromatic nitrogens is 2. The van der Waals surface area contributed by atoms with Crippen LogP contribution in [0.15, 0.2) is 212 Å². The molecule has 0 saturated carbocycles. The van der Waals surface area contributed by atoms with Gasteiger partial charge in [-0.25, -0.2) is 0 Å². The van der Waals surface area contributed by atoms with Gasteiger partial charge in [0.1, 0.15) is 0 Å². The van der Waals surface area contributed by atoms with Crippen LogP contribution in [0, 0.1) is 0 Å². The van der Waals surface area contributed by atoms with E-state index in [0.717, 1.165) is 25.1 Å². The van der Waals surface area contributed by atoms with E-state index in [1.165, 1.54) is 99.6 Å². The molecule has 0 saturated heterocycles. The molecule has 2 heterocycles. The lowest BCUT2D eigenvalue weighted by atomic mass is 9.78. The molecule has 60 heavy (non-hydrogen) atoms. The highest BCUT2D eigenvalue weighted by atomic mass is 15.0. The summed E-state index contributed by atoms with van der Waals surface area (Å²) in [6.07, 6.45) is 9.21. The van der Waals surface area contributed by atoms with E-state index in [-0.39, 0.29) is 0 Å². The Balaban J connectivity index is 1.46. The zero-order chi connectivity index (χ0) is 40.0. The second kappa shape index (κ2) is 15.1. The van der Waals surface area contributed by atoms with Crippen LogP contribution in [0.25, 0.3) is 99.6 Å². The fourth-order valence-electron chi connectivity index (χ4n) is 9.84. The maximum atomic E-state index is 2.61. The summed E-state index contributed by atoms with van der Waals surface area (Å²) in [5.74, 6) is 0. The average Bonchev–Trinajstić information content (AvgIpc) is 3.85. The van der Waals surface area contributed by atoms with E-state index in [4.69, 9.17) is 0 Å². The Labute approximate surface area is 351 Å². The van der Waals surface area contributed by atoms with Crippen molar-refractivity contribution in [3.63, 3.8) is 0 Å². The summed E-state index contributed by atoms with van der Waals surface area (Å²) in [6.45, 7) is 3.15. The van der Waals surface area contributed by atoms with Crippen molar-refractivity contribution in [3.05, 3.63) is 218 Å². The van der Waals surface area contributed by atoms with Crippen LogP contribution in [0.1, 0.15) is 25.5 Å². The van der Waals surface area contributed by atoms with E-state index in [9.17, 15) is 0 Å². The maximum Gasteiger partial charge on any atom is 0.0620 e. The molecule has 0 bridgehead atoms. The molecule has 0 amide bonds. The van der Waals surface area contributed by atoms with Crippen molar-refractivity contribution < 1.29 is 0 Å². The lowest BCUT2D eigenvalue weighted by molar-refractivity contribution is 0.827. The molecule has 10 aromatic rings. The molecule has 0 radical (unpaired) electrons. The third-order valence-electron chi connectivity index (χ3n) is 12.3. The fourth-order valence-corrected chi connectivity index (χ4v) is 9.84. The van der Waals surface area contributed by atoms with Gasteiger partial charge in [-0.3, -0.25) is 0 Å². The molecule has 2 nitrogen and oxygen atoms in total. The van der Waals surface area contributed by atoms with Crippen LogP contribution in [0.5, 0.6) is 0 Å². The quantitative estimate of drug-likeness (QED) is 0.146. The zero-order valence-electron chi connectivity index (χ0n) is 33.7. The lowest BCUT2D eigenvalue weighted by Crippen LogP contribution is -2.03. The third kappa shape index (κ3) is 5.79. The standard InChI is InChI=1S/C58H44N2/c1-2-59-49-36-22-21-35-47(49)48-39-46(37-38-50(48)59)60-57(44-31-17-7-18-32-44)55-53(42-27-13-5-14-28-42)51(40-23-9-3-10-24-40)52(41-25-11-4-12-26-41)54(43-29-15-6-16-30-43)56(55)58(60)45-33-19-8-20-34-45/h3-7,9-19,21-39H,2,8,20H2,1H3. The molecule has 0 atom stereocenters. The number of para-hydroxylation sites is 1. The molecule has 286 valence electrons. The van der Waals surface area contributed by atoms with Gasteiger partial charge in [0.15, 0.2) is 0 Å². The molecule has 1 aliphatic rings. The summed E-state index contributed by atoms with van der Waals surface area (Å²) < 4.78 is 5.06. The highest BCUT2D eigenvalue weighted by Gasteiger charge is 2.32. The van der Waals surface area contributed by atoms with Gasteiger partial charge in [-0.05, 0) is 88.5 Å². The van der Waals surface area contributed by atoms with Gasteiger partial charge in [0, 0.05) is 55.9 Å². The number of allylic oxidation sites excluding steroid dienone is 4. The number of hydrogen-bond donors (Lipinski definition) is 0. The second-order valence-electron chi connectivity index (χ2n) is 15.7. The Kier molecular flexibility index (Phi) is 8.97.